The third kappa shape index (κ3) is 4.72. The first-order chi connectivity index (χ1) is 12.4. The summed E-state index contributed by atoms with van der Waals surface area (Å²) in [6.07, 6.45) is 7.21. The zero-order valence-corrected chi connectivity index (χ0v) is 15.6. The Hall–Kier alpha value is -1.70. The van der Waals surface area contributed by atoms with Crippen molar-refractivity contribution in [1.29, 1.82) is 0 Å². The van der Waals surface area contributed by atoms with Crippen LogP contribution in [0.5, 0.6) is 0 Å². The number of ether oxygens (including phenoxy) is 1. The Balaban J connectivity index is 1.56. The smallest absolute Gasteiger partial charge is 0.303 e. The number of rotatable bonds is 9. The molecular weight excluding hydrogens is 354 g/mol. The number of sulfonamides is 1. The minimum absolute atomic E-state index is 0.121. The van der Waals surface area contributed by atoms with Gasteiger partial charge >= 0.3 is 5.97 Å². The van der Waals surface area contributed by atoms with Crippen LogP contribution in [0.2, 0.25) is 0 Å². The summed E-state index contributed by atoms with van der Waals surface area (Å²) >= 11 is 0. The van der Waals surface area contributed by atoms with Crippen LogP contribution >= 0.6 is 0 Å². The summed E-state index contributed by atoms with van der Waals surface area (Å²) in [6, 6.07) is 6.71. The molecule has 0 spiro atoms. The number of aliphatic carboxylic acids is 1. The van der Waals surface area contributed by atoms with E-state index >= 15 is 0 Å². The minimum Gasteiger partial charge on any atom is -0.481 e. The molecule has 1 saturated heterocycles. The molecule has 6 nitrogen and oxygen atoms in total. The number of unbranched alkanes of at least 4 members (excludes halogenated alkanes) is 1. The number of allylic oxidation sites excluding steroid dienone is 2. The highest BCUT2D eigenvalue weighted by atomic mass is 32.2. The van der Waals surface area contributed by atoms with E-state index in [1.807, 2.05) is 19.1 Å². The van der Waals surface area contributed by atoms with E-state index in [0.29, 0.717) is 19.3 Å². The normalized spacial score (nSPS) is 27.6. The second kappa shape index (κ2) is 7.90. The molecule has 3 rings (SSSR count). The first kappa shape index (κ1) is 19.1. The Morgan fingerprint density at radius 1 is 1.31 bits per heavy atom. The molecule has 1 aromatic rings. The van der Waals surface area contributed by atoms with Gasteiger partial charge in [0, 0.05) is 18.4 Å². The average molecular weight is 379 g/mol. The molecule has 1 aromatic carbocycles. The molecule has 0 amide bonds. The average Bonchev–Trinajstić information content (AvgIpc) is 3.25. The van der Waals surface area contributed by atoms with Crippen molar-refractivity contribution < 1.29 is 23.1 Å². The maximum atomic E-state index is 12.6. The fourth-order valence-electron chi connectivity index (χ4n) is 3.54. The molecule has 4 atom stereocenters. The molecular formula is C19H25NO5S. The van der Waals surface area contributed by atoms with E-state index in [1.54, 1.807) is 24.3 Å². The van der Waals surface area contributed by atoms with E-state index in [0.717, 1.165) is 12.0 Å². The van der Waals surface area contributed by atoms with Gasteiger partial charge in [0.1, 0.15) is 0 Å². The standard InChI is InChI=1S/C19H25NO5S/c1-13-8-10-14(11-9-13)26(23,24)20-16-12-17-19(25-17)15(16)6-4-2-3-5-7-18(21)22/h2,4,8-11,15-17,19-20H,3,5-7,12H2,1H3,(H,21,22)/b4-2-/t15-,16+,17+,19-/m1/s1. The molecule has 1 heterocycles. The number of carboxylic acids is 1. The summed E-state index contributed by atoms with van der Waals surface area (Å²) in [6.45, 7) is 1.92. The summed E-state index contributed by atoms with van der Waals surface area (Å²) < 4.78 is 33.7. The van der Waals surface area contributed by atoms with Crippen molar-refractivity contribution in [3.8, 4) is 0 Å². The van der Waals surface area contributed by atoms with Gasteiger partial charge < -0.3 is 9.84 Å². The Morgan fingerprint density at radius 3 is 2.73 bits per heavy atom. The number of epoxide rings is 1. The zero-order valence-electron chi connectivity index (χ0n) is 14.8. The lowest BCUT2D eigenvalue weighted by molar-refractivity contribution is -0.137. The van der Waals surface area contributed by atoms with Gasteiger partial charge in [-0.2, -0.15) is 0 Å². The molecule has 2 N–H and O–H groups in total. The third-order valence-electron chi connectivity index (χ3n) is 5.02. The monoisotopic (exact) mass is 379 g/mol. The largest absolute Gasteiger partial charge is 0.481 e. The lowest BCUT2D eigenvalue weighted by atomic mass is 9.98. The van der Waals surface area contributed by atoms with Crippen molar-refractivity contribution in [3.63, 3.8) is 0 Å². The van der Waals surface area contributed by atoms with Gasteiger partial charge in [0.2, 0.25) is 10.0 Å². The molecule has 142 valence electrons. The van der Waals surface area contributed by atoms with Gasteiger partial charge in [-0.15, -0.1) is 0 Å². The molecule has 0 aromatic heterocycles. The highest BCUT2D eigenvalue weighted by molar-refractivity contribution is 7.89. The van der Waals surface area contributed by atoms with Crippen LogP contribution < -0.4 is 4.72 Å². The minimum atomic E-state index is -3.54. The predicted molar refractivity (Wildman–Crippen MR) is 97.3 cm³/mol. The van der Waals surface area contributed by atoms with Gasteiger partial charge in [-0.1, -0.05) is 29.8 Å². The number of aryl methyl sites for hydroxylation is 1. The molecule has 0 unspecified atom stereocenters. The van der Waals surface area contributed by atoms with Crippen LogP contribution in [0.25, 0.3) is 0 Å². The number of nitrogens with one attached hydrogen (secondary N) is 1. The van der Waals surface area contributed by atoms with Crippen LogP contribution in [0.15, 0.2) is 41.3 Å². The quantitative estimate of drug-likeness (QED) is 0.391. The Morgan fingerprint density at radius 2 is 2.04 bits per heavy atom. The second-order valence-corrected chi connectivity index (χ2v) is 8.79. The molecule has 7 heteroatoms. The molecule has 0 bridgehead atoms. The number of carbonyl (C=O) groups is 1. The second-order valence-electron chi connectivity index (χ2n) is 7.07. The van der Waals surface area contributed by atoms with Crippen molar-refractivity contribution in [2.45, 2.75) is 62.2 Å². The lowest BCUT2D eigenvalue weighted by Crippen LogP contribution is -2.39. The molecule has 1 aliphatic heterocycles. The maximum Gasteiger partial charge on any atom is 0.303 e. The van der Waals surface area contributed by atoms with Crippen LogP contribution in [0.4, 0.5) is 0 Å². The van der Waals surface area contributed by atoms with E-state index in [9.17, 15) is 13.2 Å². The highest BCUT2D eigenvalue weighted by Crippen LogP contribution is 2.45. The Kier molecular flexibility index (Phi) is 5.79. The van der Waals surface area contributed by atoms with Crippen molar-refractivity contribution in [2.24, 2.45) is 5.92 Å². The van der Waals surface area contributed by atoms with Gasteiger partial charge in [-0.3, -0.25) is 4.79 Å². The molecule has 2 aliphatic rings. The Bertz CT molecular complexity index is 772. The van der Waals surface area contributed by atoms with E-state index in [-0.39, 0.29) is 35.5 Å². The van der Waals surface area contributed by atoms with Crippen LogP contribution in [-0.2, 0) is 19.6 Å². The number of hydrogen-bond donors (Lipinski definition) is 2. The van der Waals surface area contributed by atoms with Crippen LogP contribution in [0.1, 0.15) is 37.7 Å². The van der Waals surface area contributed by atoms with E-state index in [4.69, 9.17) is 9.84 Å². The summed E-state index contributed by atoms with van der Waals surface area (Å²) in [5.74, 6) is -0.662. The molecule has 2 fully saturated rings. The van der Waals surface area contributed by atoms with Crippen LogP contribution in [0.3, 0.4) is 0 Å². The first-order valence-corrected chi connectivity index (χ1v) is 10.5. The summed E-state index contributed by atoms with van der Waals surface area (Å²) in [7, 11) is -3.54. The van der Waals surface area contributed by atoms with Gasteiger partial charge in [-0.25, -0.2) is 13.1 Å². The van der Waals surface area contributed by atoms with Gasteiger partial charge in [0.15, 0.2) is 0 Å². The van der Waals surface area contributed by atoms with Crippen molar-refractivity contribution in [3.05, 3.63) is 42.0 Å². The summed E-state index contributed by atoms with van der Waals surface area (Å²) in [5, 5.41) is 8.63. The van der Waals surface area contributed by atoms with Crippen LogP contribution in [-0.4, -0.2) is 37.7 Å². The zero-order chi connectivity index (χ0) is 18.7. The highest BCUT2D eigenvalue weighted by Gasteiger charge is 2.55. The number of hydrogen-bond acceptors (Lipinski definition) is 4. The number of fused-ring (bicyclic) bond motifs is 1. The predicted octanol–water partition coefficient (Wildman–Crippen LogP) is 2.63. The summed E-state index contributed by atoms with van der Waals surface area (Å²) in [4.78, 5) is 10.8. The van der Waals surface area contributed by atoms with E-state index in [1.165, 1.54) is 0 Å². The van der Waals surface area contributed by atoms with Crippen molar-refractivity contribution in [2.75, 3.05) is 0 Å². The van der Waals surface area contributed by atoms with Gasteiger partial charge in [0.25, 0.3) is 0 Å². The van der Waals surface area contributed by atoms with Crippen LogP contribution in [0, 0.1) is 12.8 Å². The topological polar surface area (TPSA) is 96.0 Å². The first-order valence-electron chi connectivity index (χ1n) is 8.98. The maximum absolute atomic E-state index is 12.6. The number of benzene rings is 1. The van der Waals surface area contributed by atoms with E-state index in [2.05, 4.69) is 4.72 Å². The van der Waals surface area contributed by atoms with Crippen molar-refractivity contribution >= 4 is 16.0 Å². The van der Waals surface area contributed by atoms with Crippen molar-refractivity contribution in [1.82, 2.24) is 4.72 Å². The fraction of sp³-hybridized carbons (Fsp3) is 0.526. The third-order valence-corrected chi connectivity index (χ3v) is 6.53. The summed E-state index contributed by atoms with van der Waals surface area (Å²) in [5.41, 5.74) is 1.02. The van der Waals surface area contributed by atoms with Gasteiger partial charge in [-0.05, 0) is 44.7 Å². The Labute approximate surface area is 154 Å². The molecule has 1 aliphatic carbocycles. The van der Waals surface area contributed by atoms with Gasteiger partial charge in [0.05, 0.1) is 17.1 Å². The molecule has 1 saturated carbocycles. The lowest BCUT2D eigenvalue weighted by Gasteiger charge is -2.22. The number of carboxylic acid groups (broad SMARTS) is 1. The molecule has 0 radical (unpaired) electrons. The van der Waals surface area contributed by atoms with E-state index < -0.39 is 16.0 Å². The fourth-order valence-corrected chi connectivity index (χ4v) is 4.84. The molecule has 26 heavy (non-hydrogen) atoms. The SMILES string of the molecule is Cc1ccc(S(=O)(=O)N[C@H]2C[C@@H]3O[C@@H]3[C@@H]2C/C=C\CCCC(=O)O)cc1.